The molecule has 116 valence electrons. The van der Waals surface area contributed by atoms with Crippen molar-refractivity contribution in [1.82, 2.24) is 0 Å². The Balaban J connectivity index is 2.25. The lowest BCUT2D eigenvalue weighted by atomic mass is 9.99. The van der Waals surface area contributed by atoms with E-state index >= 15 is 0 Å². The van der Waals surface area contributed by atoms with Crippen LogP contribution in [0, 0.1) is 6.92 Å². The van der Waals surface area contributed by atoms with Crippen molar-refractivity contribution in [1.29, 1.82) is 0 Å². The summed E-state index contributed by atoms with van der Waals surface area (Å²) in [6.07, 6.45) is 0.819. The SMILES string of the molecule is COc1cccc(C)c1-c1cccc2c1[P@](C(C)(C)C)CO2. The van der Waals surface area contributed by atoms with Gasteiger partial charge in [0.25, 0.3) is 0 Å². The summed E-state index contributed by atoms with van der Waals surface area (Å²) >= 11 is 0. The average Bonchev–Trinajstić information content (AvgIpc) is 2.91. The van der Waals surface area contributed by atoms with Gasteiger partial charge in [0.2, 0.25) is 0 Å². The summed E-state index contributed by atoms with van der Waals surface area (Å²) in [6.45, 7) is 9.07. The lowest BCUT2D eigenvalue weighted by Crippen LogP contribution is -2.19. The minimum Gasteiger partial charge on any atom is -0.496 e. The highest BCUT2D eigenvalue weighted by atomic mass is 31.1. The molecule has 0 fully saturated rings. The van der Waals surface area contributed by atoms with E-state index in [2.05, 4.69) is 52.0 Å². The number of rotatable bonds is 2. The van der Waals surface area contributed by atoms with Crippen LogP contribution in [0.15, 0.2) is 36.4 Å². The summed E-state index contributed by atoms with van der Waals surface area (Å²) in [5.74, 6) is 1.98. The highest BCUT2D eigenvalue weighted by Gasteiger charge is 2.36. The molecular formula is C19H23O2P. The fraction of sp³-hybridized carbons (Fsp3) is 0.368. The van der Waals surface area contributed by atoms with Gasteiger partial charge in [0.15, 0.2) is 0 Å². The van der Waals surface area contributed by atoms with Crippen molar-refractivity contribution < 1.29 is 9.47 Å². The van der Waals surface area contributed by atoms with Gasteiger partial charge < -0.3 is 9.47 Å². The molecule has 0 N–H and O–H groups in total. The normalized spacial score (nSPS) is 17.0. The Bertz CT molecular complexity index is 701. The molecule has 2 nitrogen and oxygen atoms in total. The molecule has 1 aliphatic heterocycles. The molecule has 1 aliphatic rings. The number of methoxy groups -OCH3 is 1. The summed E-state index contributed by atoms with van der Waals surface area (Å²) in [6, 6.07) is 12.6. The highest BCUT2D eigenvalue weighted by Crippen LogP contribution is 2.56. The predicted octanol–water partition coefficient (Wildman–Crippen LogP) is 4.93. The molecule has 0 amide bonds. The Morgan fingerprint density at radius 3 is 2.50 bits per heavy atom. The molecule has 0 saturated heterocycles. The molecule has 0 spiro atoms. The molecule has 22 heavy (non-hydrogen) atoms. The molecule has 0 aliphatic carbocycles. The van der Waals surface area contributed by atoms with E-state index in [1.54, 1.807) is 7.11 Å². The Morgan fingerprint density at radius 2 is 1.82 bits per heavy atom. The minimum absolute atomic E-state index is 0.229. The fourth-order valence-electron chi connectivity index (χ4n) is 3.00. The van der Waals surface area contributed by atoms with Crippen LogP contribution in [0.4, 0.5) is 0 Å². The van der Waals surface area contributed by atoms with E-state index in [1.165, 1.54) is 22.0 Å². The Labute approximate surface area is 134 Å². The van der Waals surface area contributed by atoms with Gasteiger partial charge >= 0.3 is 0 Å². The van der Waals surface area contributed by atoms with Crippen molar-refractivity contribution in [3.63, 3.8) is 0 Å². The molecule has 2 aromatic carbocycles. The molecule has 2 aromatic rings. The second-order valence-electron chi connectivity index (χ2n) is 6.68. The van der Waals surface area contributed by atoms with Crippen molar-refractivity contribution in [3.8, 4) is 22.6 Å². The first-order chi connectivity index (χ1) is 10.4. The van der Waals surface area contributed by atoms with Gasteiger partial charge in [-0.1, -0.05) is 45.0 Å². The third-order valence-electron chi connectivity index (χ3n) is 4.15. The zero-order valence-electron chi connectivity index (χ0n) is 13.9. The molecule has 0 bridgehead atoms. The zero-order valence-corrected chi connectivity index (χ0v) is 14.8. The van der Waals surface area contributed by atoms with E-state index in [9.17, 15) is 0 Å². The lowest BCUT2D eigenvalue weighted by Gasteiger charge is -2.28. The molecule has 1 atom stereocenters. The minimum atomic E-state index is -0.354. The molecule has 0 radical (unpaired) electrons. The number of benzene rings is 2. The quantitative estimate of drug-likeness (QED) is 0.732. The van der Waals surface area contributed by atoms with Crippen LogP contribution in [0.3, 0.4) is 0 Å². The van der Waals surface area contributed by atoms with Crippen LogP contribution in [-0.2, 0) is 0 Å². The molecule has 0 aromatic heterocycles. The number of ether oxygens (including phenoxy) is 2. The predicted molar refractivity (Wildman–Crippen MR) is 95.0 cm³/mol. The Hall–Kier alpha value is -1.53. The summed E-state index contributed by atoms with van der Waals surface area (Å²) in [5, 5.41) is 1.62. The van der Waals surface area contributed by atoms with Gasteiger partial charge in [-0.05, 0) is 43.3 Å². The van der Waals surface area contributed by atoms with E-state index in [0.29, 0.717) is 0 Å². The monoisotopic (exact) mass is 314 g/mol. The van der Waals surface area contributed by atoms with E-state index in [-0.39, 0.29) is 13.1 Å². The third-order valence-corrected chi connectivity index (χ3v) is 7.16. The first kappa shape index (κ1) is 15.4. The molecule has 1 heterocycles. The average molecular weight is 314 g/mol. The Morgan fingerprint density at radius 1 is 1.09 bits per heavy atom. The van der Waals surface area contributed by atoms with Crippen LogP contribution in [-0.4, -0.2) is 18.6 Å². The molecule has 3 heteroatoms. The molecule has 0 saturated carbocycles. The van der Waals surface area contributed by atoms with Crippen LogP contribution >= 0.6 is 7.92 Å². The fourth-order valence-corrected chi connectivity index (χ4v) is 5.34. The molecular weight excluding hydrogens is 291 g/mol. The summed E-state index contributed by atoms with van der Waals surface area (Å²) in [5.41, 5.74) is 3.71. The second-order valence-corrected chi connectivity index (χ2v) is 9.58. The maximum absolute atomic E-state index is 6.00. The largest absolute Gasteiger partial charge is 0.496 e. The van der Waals surface area contributed by atoms with Crippen LogP contribution in [0.1, 0.15) is 26.3 Å². The van der Waals surface area contributed by atoms with Crippen molar-refractivity contribution in [3.05, 3.63) is 42.0 Å². The number of fused-ring (bicyclic) bond motifs is 1. The van der Waals surface area contributed by atoms with Crippen LogP contribution in [0.25, 0.3) is 11.1 Å². The first-order valence-electron chi connectivity index (χ1n) is 7.61. The van der Waals surface area contributed by atoms with Crippen molar-refractivity contribution >= 4 is 13.2 Å². The zero-order chi connectivity index (χ0) is 15.9. The number of hydrogen-bond donors (Lipinski definition) is 0. The van der Waals surface area contributed by atoms with Gasteiger partial charge in [0.05, 0.1) is 7.11 Å². The van der Waals surface area contributed by atoms with Gasteiger partial charge in [0, 0.05) is 10.9 Å². The molecule has 0 unspecified atom stereocenters. The van der Waals surface area contributed by atoms with E-state index in [4.69, 9.17) is 9.47 Å². The van der Waals surface area contributed by atoms with Gasteiger partial charge in [-0.2, -0.15) is 0 Å². The van der Waals surface area contributed by atoms with E-state index < -0.39 is 0 Å². The second kappa shape index (κ2) is 5.59. The summed E-state index contributed by atoms with van der Waals surface area (Å²) in [7, 11) is 1.39. The maximum Gasteiger partial charge on any atom is 0.128 e. The van der Waals surface area contributed by atoms with Gasteiger partial charge in [-0.3, -0.25) is 0 Å². The van der Waals surface area contributed by atoms with Crippen LogP contribution in [0.2, 0.25) is 0 Å². The first-order valence-corrected chi connectivity index (χ1v) is 9.13. The standard InChI is InChI=1S/C19H23O2P/c1-13-8-6-10-15(20-5)17(13)14-9-7-11-16-18(14)22(12-21-16)19(2,3)4/h6-11H,12H2,1-5H3/t22-/m1/s1. The third kappa shape index (κ3) is 2.50. The highest BCUT2D eigenvalue weighted by molar-refractivity contribution is 7.67. The topological polar surface area (TPSA) is 18.5 Å². The number of aryl methyl sites for hydroxylation is 1. The van der Waals surface area contributed by atoms with Crippen molar-refractivity contribution in [2.24, 2.45) is 0 Å². The van der Waals surface area contributed by atoms with Crippen molar-refractivity contribution in [2.75, 3.05) is 13.5 Å². The van der Waals surface area contributed by atoms with Crippen LogP contribution in [0.5, 0.6) is 11.5 Å². The summed E-state index contributed by atoms with van der Waals surface area (Å²) in [4.78, 5) is 0. The van der Waals surface area contributed by atoms with Crippen LogP contribution < -0.4 is 14.8 Å². The van der Waals surface area contributed by atoms with E-state index in [1.807, 2.05) is 12.1 Å². The van der Waals surface area contributed by atoms with Crippen molar-refractivity contribution in [2.45, 2.75) is 32.9 Å². The number of hydrogen-bond acceptors (Lipinski definition) is 2. The van der Waals surface area contributed by atoms with Gasteiger partial charge in [0.1, 0.15) is 17.8 Å². The summed E-state index contributed by atoms with van der Waals surface area (Å²) < 4.78 is 11.6. The van der Waals surface area contributed by atoms with Gasteiger partial charge in [-0.25, -0.2) is 0 Å². The Kier molecular flexibility index (Phi) is 3.91. The molecule has 3 rings (SSSR count). The van der Waals surface area contributed by atoms with E-state index in [0.717, 1.165) is 17.8 Å². The lowest BCUT2D eigenvalue weighted by molar-refractivity contribution is 0.400. The van der Waals surface area contributed by atoms with Gasteiger partial charge in [-0.15, -0.1) is 0 Å². The maximum atomic E-state index is 6.00. The smallest absolute Gasteiger partial charge is 0.128 e.